The van der Waals surface area contributed by atoms with Gasteiger partial charge < -0.3 is 14.6 Å². The van der Waals surface area contributed by atoms with Crippen LogP contribution in [0.5, 0.6) is 11.5 Å². The SMILES string of the molecule is CCCCOc1ccc(F)c(-c2ccc3c(c2)C(c2ccc(C(F)(F)F)cc2)=C(CN2CCC(O)CC2)CO3)c1. The van der Waals surface area contributed by atoms with E-state index in [-0.39, 0.29) is 12.7 Å². The summed E-state index contributed by atoms with van der Waals surface area (Å²) >= 11 is 0. The standard InChI is InChI=1S/C32H33F4NO3/c1-2-3-16-39-26-9-10-29(33)27(18-26)22-6-11-30-28(17-22)31(21-4-7-24(8-5-21)32(34,35)36)23(20-40-30)19-37-14-12-25(38)13-15-37/h4-11,17-18,25,38H,2-3,12-16,19-20H2,1H3. The molecule has 0 unspecified atom stereocenters. The molecule has 0 atom stereocenters. The van der Waals surface area contributed by atoms with Gasteiger partial charge in [-0.3, -0.25) is 4.90 Å². The Kier molecular flexibility index (Phi) is 8.47. The minimum absolute atomic E-state index is 0.289. The van der Waals surface area contributed by atoms with Gasteiger partial charge in [-0.25, -0.2) is 4.39 Å². The van der Waals surface area contributed by atoms with Crippen LogP contribution in [0, 0.1) is 5.82 Å². The normalized spacial score (nSPS) is 16.6. The maximum absolute atomic E-state index is 15.0. The molecule has 0 aromatic heterocycles. The molecule has 2 heterocycles. The van der Waals surface area contributed by atoms with E-state index >= 15 is 4.39 Å². The van der Waals surface area contributed by atoms with E-state index < -0.39 is 17.6 Å². The molecule has 0 amide bonds. The van der Waals surface area contributed by atoms with Gasteiger partial charge >= 0.3 is 6.18 Å². The molecule has 40 heavy (non-hydrogen) atoms. The summed E-state index contributed by atoms with van der Waals surface area (Å²) in [7, 11) is 0. The van der Waals surface area contributed by atoms with Gasteiger partial charge in [-0.2, -0.15) is 13.2 Å². The van der Waals surface area contributed by atoms with Crippen LogP contribution in [0.3, 0.4) is 0 Å². The molecule has 0 spiro atoms. The molecule has 3 aromatic rings. The Morgan fingerprint density at radius 2 is 1.68 bits per heavy atom. The Morgan fingerprint density at radius 3 is 2.38 bits per heavy atom. The number of halogens is 4. The van der Waals surface area contributed by atoms with Gasteiger partial charge in [-0.05, 0) is 84.0 Å². The van der Waals surface area contributed by atoms with Crippen LogP contribution < -0.4 is 9.47 Å². The van der Waals surface area contributed by atoms with Crippen molar-refractivity contribution in [3.63, 3.8) is 0 Å². The Balaban J connectivity index is 1.56. The van der Waals surface area contributed by atoms with E-state index in [0.717, 1.165) is 36.1 Å². The molecule has 3 aromatic carbocycles. The summed E-state index contributed by atoms with van der Waals surface area (Å²) in [5.74, 6) is 0.768. The molecule has 0 radical (unpaired) electrons. The van der Waals surface area contributed by atoms with Crippen molar-refractivity contribution in [1.29, 1.82) is 0 Å². The van der Waals surface area contributed by atoms with Crippen LogP contribution in [0.15, 0.2) is 66.2 Å². The van der Waals surface area contributed by atoms with Crippen LogP contribution in [0.1, 0.15) is 49.3 Å². The molecule has 212 valence electrons. The van der Waals surface area contributed by atoms with Crippen molar-refractivity contribution >= 4 is 5.57 Å². The second-order valence-corrected chi connectivity index (χ2v) is 10.4. The van der Waals surface area contributed by atoms with E-state index in [4.69, 9.17) is 9.47 Å². The number of alkyl halides is 3. The number of ether oxygens (including phenoxy) is 2. The molecule has 0 aliphatic carbocycles. The summed E-state index contributed by atoms with van der Waals surface area (Å²) in [6.07, 6.45) is -1.54. The van der Waals surface area contributed by atoms with Crippen molar-refractivity contribution in [1.82, 2.24) is 4.90 Å². The fourth-order valence-corrected chi connectivity index (χ4v) is 5.25. The number of likely N-dealkylation sites (tertiary alicyclic amines) is 1. The lowest BCUT2D eigenvalue weighted by Gasteiger charge is -2.33. The van der Waals surface area contributed by atoms with E-state index in [1.807, 2.05) is 6.07 Å². The number of nitrogens with zero attached hydrogens (tertiary/aromatic N) is 1. The minimum atomic E-state index is -4.44. The summed E-state index contributed by atoms with van der Waals surface area (Å²) in [5, 5.41) is 9.93. The molecule has 4 nitrogen and oxygen atoms in total. The van der Waals surface area contributed by atoms with Crippen molar-refractivity contribution in [2.75, 3.05) is 32.8 Å². The zero-order chi connectivity index (χ0) is 28.3. The molecular formula is C32H33F4NO3. The largest absolute Gasteiger partial charge is 0.494 e. The maximum Gasteiger partial charge on any atom is 0.416 e. The predicted octanol–water partition coefficient (Wildman–Crippen LogP) is 7.34. The van der Waals surface area contributed by atoms with Gasteiger partial charge in [0, 0.05) is 30.8 Å². The maximum atomic E-state index is 15.0. The van der Waals surface area contributed by atoms with E-state index in [1.54, 1.807) is 24.3 Å². The second kappa shape index (κ2) is 12.0. The van der Waals surface area contributed by atoms with Crippen LogP contribution in [0.4, 0.5) is 17.6 Å². The van der Waals surface area contributed by atoms with E-state index in [9.17, 15) is 18.3 Å². The molecule has 0 bridgehead atoms. The molecule has 1 fully saturated rings. The van der Waals surface area contributed by atoms with Crippen molar-refractivity contribution in [2.24, 2.45) is 0 Å². The molecule has 2 aliphatic heterocycles. The first-order valence-electron chi connectivity index (χ1n) is 13.7. The monoisotopic (exact) mass is 555 g/mol. The van der Waals surface area contributed by atoms with Gasteiger partial charge in [0.05, 0.1) is 18.3 Å². The van der Waals surface area contributed by atoms with Crippen LogP contribution in [0.2, 0.25) is 0 Å². The number of rotatable bonds is 8. The fraction of sp³-hybridized carbons (Fsp3) is 0.375. The zero-order valence-corrected chi connectivity index (χ0v) is 22.4. The van der Waals surface area contributed by atoms with E-state index in [1.165, 1.54) is 18.2 Å². The number of hydrogen-bond acceptors (Lipinski definition) is 4. The molecular weight excluding hydrogens is 522 g/mol. The van der Waals surface area contributed by atoms with E-state index in [0.29, 0.717) is 72.8 Å². The van der Waals surface area contributed by atoms with Crippen molar-refractivity contribution in [2.45, 2.75) is 44.9 Å². The third-order valence-electron chi connectivity index (χ3n) is 7.49. The number of aliphatic hydroxyl groups excluding tert-OH is 1. The van der Waals surface area contributed by atoms with Crippen molar-refractivity contribution in [3.8, 4) is 22.6 Å². The molecule has 0 saturated carbocycles. The van der Waals surface area contributed by atoms with Crippen molar-refractivity contribution < 1.29 is 32.1 Å². The zero-order valence-electron chi connectivity index (χ0n) is 22.4. The smallest absolute Gasteiger partial charge is 0.416 e. The number of fused-ring (bicyclic) bond motifs is 1. The minimum Gasteiger partial charge on any atom is -0.494 e. The lowest BCUT2D eigenvalue weighted by molar-refractivity contribution is -0.137. The van der Waals surface area contributed by atoms with Gasteiger partial charge in [0.2, 0.25) is 0 Å². The third kappa shape index (κ3) is 6.34. The highest BCUT2D eigenvalue weighted by molar-refractivity contribution is 5.88. The topological polar surface area (TPSA) is 41.9 Å². The molecule has 8 heteroatoms. The first-order chi connectivity index (χ1) is 19.2. The van der Waals surface area contributed by atoms with Gasteiger partial charge in [-0.15, -0.1) is 0 Å². The molecule has 5 rings (SSSR count). The van der Waals surface area contributed by atoms with Gasteiger partial charge in [-0.1, -0.05) is 31.5 Å². The average molecular weight is 556 g/mol. The Morgan fingerprint density at radius 1 is 0.950 bits per heavy atom. The summed E-state index contributed by atoms with van der Waals surface area (Å²) in [5.41, 5.74) is 3.34. The Bertz CT molecular complexity index is 1360. The molecule has 2 aliphatic rings. The van der Waals surface area contributed by atoms with Crippen LogP contribution in [-0.2, 0) is 6.18 Å². The fourth-order valence-electron chi connectivity index (χ4n) is 5.25. The number of hydrogen-bond donors (Lipinski definition) is 1. The summed E-state index contributed by atoms with van der Waals surface area (Å²) < 4.78 is 66.9. The Hall–Kier alpha value is -3.36. The predicted molar refractivity (Wildman–Crippen MR) is 147 cm³/mol. The number of aliphatic hydroxyl groups is 1. The lowest BCUT2D eigenvalue weighted by Crippen LogP contribution is -2.38. The second-order valence-electron chi connectivity index (χ2n) is 10.4. The van der Waals surface area contributed by atoms with Crippen LogP contribution >= 0.6 is 0 Å². The summed E-state index contributed by atoms with van der Waals surface area (Å²) in [4.78, 5) is 2.22. The van der Waals surface area contributed by atoms with Crippen LogP contribution in [-0.4, -0.2) is 49.0 Å². The van der Waals surface area contributed by atoms with Crippen molar-refractivity contribution in [3.05, 3.63) is 88.7 Å². The Labute approximate surface area is 231 Å². The van der Waals surface area contributed by atoms with E-state index in [2.05, 4.69) is 11.8 Å². The summed E-state index contributed by atoms with van der Waals surface area (Å²) in [6.45, 7) is 4.89. The highest BCUT2D eigenvalue weighted by Gasteiger charge is 2.31. The number of piperidine rings is 1. The van der Waals surface area contributed by atoms with Gasteiger partial charge in [0.15, 0.2) is 0 Å². The highest BCUT2D eigenvalue weighted by atomic mass is 19.4. The quantitative estimate of drug-likeness (QED) is 0.233. The molecule has 1 N–H and O–H groups in total. The van der Waals surface area contributed by atoms with Gasteiger partial charge in [0.25, 0.3) is 0 Å². The first kappa shape index (κ1) is 28.2. The third-order valence-corrected chi connectivity index (χ3v) is 7.49. The lowest BCUT2D eigenvalue weighted by atomic mass is 9.88. The number of unbranched alkanes of at least 4 members (excludes halogenated alkanes) is 1. The summed E-state index contributed by atoms with van der Waals surface area (Å²) in [6, 6.07) is 15.2. The van der Waals surface area contributed by atoms with Crippen LogP contribution in [0.25, 0.3) is 16.7 Å². The van der Waals surface area contributed by atoms with Gasteiger partial charge in [0.1, 0.15) is 23.9 Å². The first-order valence-corrected chi connectivity index (χ1v) is 13.7. The molecule has 1 saturated heterocycles. The highest BCUT2D eigenvalue weighted by Crippen LogP contribution is 2.42. The average Bonchev–Trinajstić information content (AvgIpc) is 2.94. The number of benzene rings is 3.